The number of benzene rings is 1. The average Bonchev–Trinajstić information content (AvgIpc) is 2.36. The molecule has 0 bridgehead atoms. The van der Waals surface area contributed by atoms with E-state index >= 15 is 0 Å². The Balaban J connectivity index is 2.40. The van der Waals surface area contributed by atoms with Crippen molar-refractivity contribution in [1.82, 2.24) is 5.32 Å². The van der Waals surface area contributed by atoms with Gasteiger partial charge in [-0.15, -0.1) is 0 Å². The second kappa shape index (κ2) is 8.15. The molecule has 0 saturated carbocycles. The predicted molar refractivity (Wildman–Crippen MR) is 78.4 cm³/mol. The molecule has 1 aromatic carbocycles. The van der Waals surface area contributed by atoms with Gasteiger partial charge in [0.1, 0.15) is 5.75 Å². The van der Waals surface area contributed by atoms with Crippen LogP contribution in [0.25, 0.3) is 0 Å². The highest BCUT2D eigenvalue weighted by Gasteiger charge is 2.05. The number of nitrogens with one attached hydrogen (secondary N) is 1. The monoisotopic (exact) mass is 249 g/mol. The first kappa shape index (κ1) is 15.0. The van der Waals surface area contributed by atoms with E-state index in [2.05, 4.69) is 44.3 Å². The van der Waals surface area contributed by atoms with E-state index in [4.69, 9.17) is 4.74 Å². The van der Waals surface area contributed by atoms with E-state index in [1.165, 1.54) is 30.4 Å². The Morgan fingerprint density at radius 3 is 2.78 bits per heavy atom. The molecule has 0 aliphatic heterocycles. The molecule has 0 aliphatic rings. The summed E-state index contributed by atoms with van der Waals surface area (Å²) in [5.74, 6) is 1.02. The Morgan fingerprint density at radius 2 is 2.11 bits per heavy atom. The second-order valence-corrected chi connectivity index (χ2v) is 5.06. The summed E-state index contributed by atoms with van der Waals surface area (Å²) in [5.41, 5.74) is 2.64. The van der Waals surface area contributed by atoms with Gasteiger partial charge < -0.3 is 10.1 Å². The molecular formula is C16H27NO. The zero-order valence-electron chi connectivity index (χ0n) is 12.3. The summed E-state index contributed by atoms with van der Waals surface area (Å²) in [6.07, 6.45) is 4.73. The topological polar surface area (TPSA) is 21.3 Å². The van der Waals surface area contributed by atoms with E-state index < -0.39 is 0 Å². The molecule has 0 aliphatic carbocycles. The van der Waals surface area contributed by atoms with Crippen molar-refractivity contribution in [2.75, 3.05) is 13.7 Å². The Kier molecular flexibility index (Phi) is 6.81. The molecule has 1 unspecified atom stereocenters. The normalized spacial score (nSPS) is 12.4. The molecule has 1 N–H and O–H groups in total. The summed E-state index contributed by atoms with van der Waals surface area (Å²) in [7, 11) is 1.75. The van der Waals surface area contributed by atoms with Gasteiger partial charge in [-0.2, -0.15) is 0 Å². The van der Waals surface area contributed by atoms with Crippen LogP contribution in [-0.4, -0.2) is 19.7 Å². The molecule has 102 valence electrons. The molecule has 2 nitrogen and oxygen atoms in total. The summed E-state index contributed by atoms with van der Waals surface area (Å²) in [6.45, 7) is 7.73. The molecule has 0 radical (unpaired) electrons. The number of hydrogen-bond acceptors (Lipinski definition) is 2. The smallest absolute Gasteiger partial charge is 0.122 e. The third-order valence-electron chi connectivity index (χ3n) is 3.26. The lowest BCUT2D eigenvalue weighted by molar-refractivity contribution is 0.407. The van der Waals surface area contributed by atoms with Crippen LogP contribution >= 0.6 is 0 Å². The highest BCUT2D eigenvalue weighted by molar-refractivity contribution is 5.36. The molecule has 2 heteroatoms. The van der Waals surface area contributed by atoms with Gasteiger partial charge in [-0.1, -0.05) is 24.6 Å². The van der Waals surface area contributed by atoms with E-state index in [0.717, 1.165) is 18.7 Å². The maximum absolute atomic E-state index is 5.41. The minimum Gasteiger partial charge on any atom is -0.496 e. The standard InChI is InChI=1S/C16H27NO/c1-5-11-17-14(3)7-6-8-15-12-13(2)9-10-16(15)18-4/h9-10,12,14,17H,5-8,11H2,1-4H3. The van der Waals surface area contributed by atoms with E-state index in [-0.39, 0.29) is 0 Å². The first-order chi connectivity index (χ1) is 8.67. The van der Waals surface area contributed by atoms with Gasteiger partial charge in [-0.3, -0.25) is 0 Å². The summed E-state index contributed by atoms with van der Waals surface area (Å²) in [5, 5.41) is 3.53. The Morgan fingerprint density at radius 1 is 1.33 bits per heavy atom. The van der Waals surface area contributed by atoms with Crippen molar-refractivity contribution in [1.29, 1.82) is 0 Å². The lowest BCUT2D eigenvalue weighted by Crippen LogP contribution is -2.26. The number of rotatable bonds is 8. The molecule has 1 aromatic rings. The first-order valence-electron chi connectivity index (χ1n) is 7.04. The van der Waals surface area contributed by atoms with Crippen LogP contribution in [0.15, 0.2) is 18.2 Å². The van der Waals surface area contributed by atoms with Crippen LogP contribution in [0.1, 0.15) is 44.2 Å². The van der Waals surface area contributed by atoms with Gasteiger partial charge in [0.05, 0.1) is 7.11 Å². The van der Waals surface area contributed by atoms with Crippen molar-refractivity contribution >= 4 is 0 Å². The fourth-order valence-electron chi connectivity index (χ4n) is 2.19. The average molecular weight is 249 g/mol. The minimum atomic E-state index is 0.612. The molecule has 18 heavy (non-hydrogen) atoms. The molecule has 0 spiro atoms. The van der Waals surface area contributed by atoms with Crippen molar-refractivity contribution < 1.29 is 4.74 Å². The fraction of sp³-hybridized carbons (Fsp3) is 0.625. The third-order valence-corrected chi connectivity index (χ3v) is 3.26. The van der Waals surface area contributed by atoms with Crippen molar-refractivity contribution in [3.63, 3.8) is 0 Å². The Hall–Kier alpha value is -1.02. The molecule has 0 fully saturated rings. The van der Waals surface area contributed by atoms with Gasteiger partial charge in [0, 0.05) is 6.04 Å². The van der Waals surface area contributed by atoms with Crippen molar-refractivity contribution in [2.45, 2.75) is 52.5 Å². The number of aryl methyl sites for hydroxylation is 2. The van der Waals surface area contributed by atoms with Crippen LogP contribution in [0.3, 0.4) is 0 Å². The van der Waals surface area contributed by atoms with Crippen LogP contribution < -0.4 is 10.1 Å². The summed E-state index contributed by atoms with van der Waals surface area (Å²) in [4.78, 5) is 0. The SMILES string of the molecule is CCCNC(C)CCCc1cc(C)ccc1OC. The number of ether oxygens (including phenoxy) is 1. The Bertz CT molecular complexity index is 349. The van der Waals surface area contributed by atoms with Crippen molar-refractivity contribution in [3.05, 3.63) is 29.3 Å². The summed E-state index contributed by atoms with van der Waals surface area (Å²) < 4.78 is 5.41. The lowest BCUT2D eigenvalue weighted by atomic mass is 10.0. The van der Waals surface area contributed by atoms with Gasteiger partial charge in [-0.25, -0.2) is 0 Å². The number of hydrogen-bond donors (Lipinski definition) is 1. The lowest BCUT2D eigenvalue weighted by Gasteiger charge is -2.14. The van der Waals surface area contributed by atoms with E-state index in [1.807, 2.05) is 0 Å². The maximum Gasteiger partial charge on any atom is 0.122 e. The molecule has 0 amide bonds. The highest BCUT2D eigenvalue weighted by Crippen LogP contribution is 2.21. The van der Waals surface area contributed by atoms with Crippen molar-refractivity contribution in [3.8, 4) is 5.75 Å². The molecule has 0 aromatic heterocycles. The summed E-state index contributed by atoms with van der Waals surface area (Å²) in [6, 6.07) is 7.03. The van der Waals surface area contributed by atoms with Gasteiger partial charge in [-0.05, 0) is 57.7 Å². The minimum absolute atomic E-state index is 0.612. The Labute approximate surface area is 112 Å². The van der Waals surface area contributed by atoms with Crippen LogP contribution in [0.2, 0.25) is 0 Å². The summed E-state index contributed by atoms with van der Waals surface area (Å²) >= 11 is 0. The van der Waals surface area contributed by atoms with Crippen LogP contribution in [0.5, 0.6) is 5.75 Å². The fourth-order valence-corrected chi connectivity index (χ4v) is 2.19. The quantitative estimate of drug-likeness (QED) is 0.758. The van der Waals surface area contributed by atoms with E-state index in [1.54, 1.807) is 7.11 Å². The van der Waals surface area contributed by atoms with Gasteiger partial charge >= 0.3 is 0 Å². The molecule has 1 rings (SSSR count). The zero-order valence-corrected chi connectivity index (χ0v) is 12.3. The molecule has 0 heterocycles. The van der Waals surface area contributed by atoms with Gasteiger partial charge in [0.25, 0.3) is 0 Å². The number of methoxy groups -OCH3 is 1. The second-order valence-electron chi connectivity index (χ2n) is 5.06. The maximum atomic E-state index is 5.41. The zero-order chi connectivity index (χ0) is 13.4. The molecular weight excluding hydrogens is 222 g/mol. The predicted octanol–water partition coefficient (Wildman–Crippen LogP) is 3.71. The van der Waals surface area contributed by atoms with Crippen molar-refractivity contribution in [2.24, 2.45) is 0 Å². The first-order valence-corrected chi connectivity index (χ1v) is 7.04. The molecule has 1 atom stereocenters. The van der Waals surface area contributed by atoms with Crippen LogP contribution in [0.4, 0.5) is 0 Å². The third kappa shape index (κ3) is 5.09. The van der Waals surface area contributed by atoms with E-state index in [9.17, 15) is 0 Å². The largest absolute Gasteiger partial charge is 0.496 e. The van der Waals surface area contributed by atoms with E-state index in [0.29, 0.717) is 6.04 Å². The van der Waals surface area contributed by atoms with Gasteiger partial charge in [0.2, 0.25) is 0 Å². The van der Waals surface area contributed by atoms with Crippen LogP contribution in [0, 0.1) is 6.92 Å². The van der Waals surface area contributed by atoms with Gasteiger partial charge in [0.15, 0.2) is 0 Å². The van der Waals surface area contributed by atoms with Crippen LogP contribution in [-0.2, 0) is 6.42 Å². The highest BCUT2D eigenvalue weighted by atomic mass is 16.5. The molecule has 0 saturated heterocycles.